The van der Waals surface area contributed by atoms with Crippen molar-refractivity contribution >= 4 is 34.8 Å². The minimum absolute atomic E-state index is 0.106. The topological polar surface area (TPSA) is 75.7 Å². The van der Waals surface area contributed by atoms with Gasteiger partial charge in [-0.15, -0.1) is 11.3 Å². The van der Waals surface area contributed by atoms with Gasteiger partial charge in [0, 0.05) is 16.6 Å². The van der Waals surface area contributed by atoms with Crippen molar-refractivity contribution in [2.45, 2.75) is 44.2 Å². The molecule has 1 aliphatic rings. The van der Waals surface area contributed by atoms with Gasteiger partial charge in [0.1, 0.15) is 6.04 Å². The van der Waals surface area contributed by atoms with Crippen LogP contribution < -0.4 is 10.2 Å². The number of thiophene rings is 1. The van der Waals surface area contributed by atoms with E-state index in [-0.39, 0.29) is 24.3 Å². The van der Waals surface area contributed by atoms with Crippen molar-refractivity contribution in [2.24, 2.45) is 0 Å². The van der Waals surface area contributed by atoms with Crippen LogP contribution in [0.5, 0.6) is 0 Å². The van der Waals surface area contributed by atoms with Gasteiger partial charge in [0.25, 0.3) is 0 Å². The number of esters is 1. The Balaban J connectivity index is 1.77. The second kappa shape index (κ2) is 11.1. The molecule has 0 saturated heterocycles. The standard InChI is InChI=1S/C27H28N2O4S/c1-33-27(32)20-11-7-14-22(17-20)29(24(30)18-23-15-8-16-34-23)25(19-9-3-2-4-10-19)26(31)28-21-12-5-6-13-21/h2-4,7-11,14-17,21,25H,5-6,12-13,18H2,1H3,(H,28,31)/t25-/m0/s1. The van der Waals surface area contributed by atoms with Gasteiger partial charge >= 0.3 is 5.97 Å². The van der Waals surface area contributed by atoms with E-state index in [1.54, 1.807) is 24.3 Å². The molecule has 0 radical (unpaired) electrons. The third-order valence-corrected chi connectivity index (χ3v) is 6.92. The van der Waals surface area contributed by atoms with E-state index in [9.17, 15) is 14.4 Å². The molecule has 34 heavy (non-hydrogen) atoms. The summed E-state index contributed by atoms with van der Waals surface area (Å²) in [4.78, 5) is 42.1. The number of amides is 2. The Morgan fingerprint density at radius 1 is 1.03 bits per heavy atom. The predicted octanol–water partition coefficient (Wildman–Crippen LogP) is 4.91. The van der Waals surface area contributed by atoms with Crippen molar-refractivity contribution in [3.8, 4) is 0 Å². The Kier molecular flexibility index (Phi) is 7.75. The van der Waals surface area contributed by atoms with E-state index in [1.165, 1.54) is 23.3 Å². The number of anilines is 1. The van der Waals surface area contributed by atoms with Crippen LogP contribution in [-0.4, -0.2) is 30.9 Å². The van der Waals surface area contributed by atoms with Crippen molar-refractivity contribution in [2.75, 3.05) is 12.0 Å². The highest BCUT2D eigenvalue weighted by molar-refractivity contribution is 7.10. The molecule has 1 heterocycles. The number of nitrogens with zero attached hydrogens (tertiary/aromatic N) is 1. The van der Waals surface area contributed by atoms with Gasteiger partial charge in [-0.2, -0.15) is 0 Å². The molecule has 6 nitrogen and oxygen atoms in total. The number of carbonyl (C=O) groups excluding carboxylic acids is 3. The van der Waals surface area contributed by atoms with Crippen LogP contribution in [0.1, 0.15) is 52.5 Å². The molecule has 1 fully saturated rings. The number of nitrogens with one attached hydrogen (secondary N) is 1. The number of benzene rings is 2. The molecule has 1 saturated carbocycles. The lowest BCUT2D eigenvalue weighted by Gasteiger charge is -2.32. The molecule has 3 aromatic rings. The fourth-order valence-corrected chi connectivity index (χ4v) is 5.08. The van der Waals surface area contributed by atoms with Gasteiger partial charge in [0.05, 0.1) is 19.1 Å². The molecule has 2 aromatic carbocycles. The Morgan fingerprint density at radius 2 is 1.79 bits per heavy atom. The van der Waals surface area contributed by atoms with Crippen molar-refractivity contribution in [3.63, 3.8) is 0 Å². The molecule has 1 aliphatic carbocycles. The third-order valence-electron chi connectivity index (χ3n) is 6.04. The summed E-state index contributed by atoms with van der Waals surface area (Å²) in [5.74, 6) is -0.944. The van der Waals surface area contributed by atoms with E-state index in [4.69, 9.17) is 4.74 Å². The van der Waals surface area contributed by atoms with Crippen molar-refractivity contribution in [3.05, 3.63) is 88.1 Å². The van der Waals surface area contributed by atoms with E-state index in [2.05, 4.69) is 5.32 Å². The first-order valence-electron chi connectivity index (χ1n) is 11.4. The molecule has 1 aromatic heterocycles. The number of carbonyl (C=O) groups is 3. The number of hydrogen-bond acceptors (Lipinski definition) is 5. The minimum atomic E-state index is -0.873. The minimum Gasteiger partial charge on any atom is -0.465 e. The Hall–Kier alpha value is -3.45. The SMILES string of the molecule is COC(=O)c1cccc(N(C(=O)Cc2cccs2)[C@H](C(=O)NC2CCCC2)c2ccccc2)c1. The van der Waals surface area contributed by atoms with Crippen molar-refractivity contribution < 1.29 is 19.1 Å². The Morgan fingerprint density at radius 3 is 2.47 bits per heavy atom. The molecular formula is C27H28N2O4S. The van der Waals surface area contributed by atoms with E-state index < -0.39 is 12.0 Å². The summed E-state index contributed by atoms with van der Waals surface area (Å²) < 4.78 is 4.88. The fourth-order valence-electron chi connectivity index (χ4n) is 4.39. The molecule has 0 bridgehead atoms. The maximum absolute atomic E-state index is 13.8. The molecule has 1 N–H and O–H groups in total. The fraction of sp³-hybridized carbons (Fsp3) is 0.296. The van der Waals surface area contributed by atoms with E-state index >= 15 is 0 Å². The second-order valence-electron chi connectivity index (χ2n) is 8.36. The van der Waals surface area contributed by atoms with Crippen LogP contribution in [0.25, 0.3) is 0 Å². The van der Waals surface area contributed by atoms with Crippen LogP contribution in [0.4, 0.5) is 5.69 Å². The summed E-state index contributed by atoms with van der Waals surface area (Å²) in [6.45, 7) is 0. The maximum atomic E-state index is 13.8. The molecule has 0 aliphatic heterocycles. The number of ether oxygens (including phenoxy) is 1. The zero-order chi connectivity index (χ0) is 23.9. The Bertz CT molecular complexity index is 1120. The summed E-state index contributed by atoms with van der Waals surface area (Å²) in [7, 11) is 1.32. The molecule has 0 unspecified atom stereocenters. The zero-order valence-electron chi connectivity index (χ0n) is 19.1. The lowest BCUT2D eigenvalue weighted by atomic mass is 10.0. The van der Waals surface area contributed by atoms with Crippen molar-refractivity contribution in [1.29, 1.82) is 0 Å². The number of methoxy groups -OCH3 is 1. The van der Waals surface area contributed by atoms with Gasteiger partial charge in [0.2, 0.25) is 11.8 Å². The second-order valence-corrected chi connectivity index (χ2v) is 9.40. The Labute approximate surface area is 203 Å². The quantitative estimate of drug-likeness (QED) is 0.469. The highest BCUT2D eigenvalue weighted by Crippen LogP contribution is 2.31. The van der Waals surface area contributed by atoms with Crippen LogP contribution in [0.15, 0.2) is 72.1 Å². The average molecular weight is 477 g/mol. The van der Waals surface area contributed by atoms with Crippen molar-refractivity contribution in [1.82, 2.24) is 5.32 Å². The zero-order valence-corrected chi connectivity index (χ0v) is 19.9. The van der Waals surface area contributed by atoms with Crippen LogP contribution in [-0.2, 0) is 20.7 Å². The van der Waals surface area contributed by atoms with Gasteiger partial charge in [-0.05, 0) is 48.1 Å². The number of rotatable bonds is 8. The summed E-state index contributed by atoms with van der Waals surface area (Å²) >= 11 is 1.50. The first kappa shape index (κ1) is 23.7. The van der Waals surface area contributed by atoms with Crippen LogP contribution >= 0.6 is 11.3 Å². The molecule has 0 spiro atoms. The highest BCUT2D eigenvalue weighted by Gasteiger charge is 2.34. The van der Waals surface area contributed by atoms with Gasteiger partial charge in [-0.1, -0.05) is 55.3 Å². The average Bonchev–Trinajstić information content (AvgIpc) is 3.57. The largest absolute Gasteiger partial charge is 0.465 e. The van der Waals surface area contributed by atoms with E-state index in [1.807, 2.05) is 47.8 Å². The molecule has 1 atom stereocenters. The summed E-state index contributed by atoms with van der Waals surface area (Å²) in [6, 6.07) is 19.0. The lowest BCUT2D eigenvalue weighted by Crippen LogP contribution is -2.46. The third kappa shape index (κ3) is 5.54. The van der Waals surface area contributed by atoms with Gasteiger partial charge in [0.15, 0.2) is 0 Å². The highest BCUT2D eigenvalue weighted by atomic mass is 32.1. The summed E-state index contributed by atoms with van der Waals surface area (Å²) in [5.41, 5.74) is 1.50. The molecule has 2 amide bonds. The van der Waals surface area contributed by atoms with Gasteiger partial charge in [-0.3, -0.25) is 14.5 Å². The molecule has 7 heteroatoms. The summed E-state index contributed by atoms with van der Waals surface area (Å²) in [5, 5.41) is 5.09. The lowest BCUT2D eigenvalue weighted by molar-refractivity contribution is -0.127. The molecule has 176 valence electrons. The first-order chi connectivity index (χ1) is 16.6. The number of hydrogen-bond donors (Lipinski definition) is 1. The van der Waals surface area contributed by atoms with E-state index in [0.717, 1.165) is 30.6 Å². The predicted molar refractivity (Wildman–Crippen MR) is 133 cm³/mol. The molecular weight excluding hydrogens is 448 g/mol. The van der Waals surface area contributed by atoms with Gasteiger partial charge in [-0.25, -0.2) is 4.79 Å². The smallest absolute Gasteiger partial charge is 0.337 e. The van der Waals surface area contributed by atoms with E-state index in [0.29, 0.717) is 16.8 Å². The maximum Gasteiger partial charge on any atom is 0.337 e. The van der Waals surface area contributed by atoms with Gasteiger partial charge < -0.3 is 10.1 Å². The van der Waals surface area contributed by atoms with Crippen LogP contribution in [0, 0.1) is 0 Å². The first-order valence-corrected chi connectivity index (χ1v) is 12.3. The van der Waals surface area contributed by atoms with Crippen LogP contribution in [0.2, 0.25) is 0 Å². The summed E-state index contributed by atoms with van der Waals surface area (Å²) in [6.07, 6.45) is 4.20. The van der Waals surface area contributed by atoms with Crippen LogP contribution in [0.3, 0.4) is 0 Å². The molecule has 4 rings (SSSR count). The monoisotopic (exact) mass is 476 g/mol. The normalized spacial score (nSPS) is 14.4.